The van der Waals surface area contributed by atoms with Crippen LogP contribution in [0.25, 0.3) is 0 Å². The maximum absolute atomic E-state index is 11.7. The van der Waals surface area contributed by atoms with Crippen LogP contribution in [0.4, 0.5) is 5.69 Å². The molecule has 6 heteroatoms. The molecule has 0 heterocycles. The predicted octanol–water partition coefficient (Wildman–Crippen LogP) is 2.73. The molecule has 17 heavy (non-hydrogen) atoms. The van der Waals surface area contributed by atoms with Gasteiger partial charge in [0.1, 0.15) is 0 Å². The lowest BCUT2D eigenvalue weighted by Crippen LogP contribution is -2.39. The van der Waals surface area contributed by atoms with Crippen molar-refractivity contribution < 1.29 is 9.90 Å². The number of nitrogens with two attached hydrogens (primary N) is 1. The van der Waals surface area contributed by atoms with Gasteiger partial charge < -0.3 is 16.2 Å². The molecule has 1 amide bonds. The Kier molecular flexibility index (Phi) is 4.80. The zero-order valence-electron chi connectivity index (χ0n) is 9.50. The Morgan fingerprint density at radius 3 is 2.65 bits per heavy atom. The van der Waals surface area contributed by atoms with Crippen LogP contribution in [-0.2, 0) is 4.79 Å². The molecule has 0 unspecified atom stereocenters. The van der Waals surface area contributed by atoms with Gasteiger partial charge in [-0.15, -0.1) is 0 Å². The van der Waals surface area contributed by atoms with Gasteiger partial charge in [-0.25, -0.2) is 0 Å². The number of carbonyl (C=O) groups is 1. The Bertz CT molecular complexity index is 438. The molecule has 4 nitrogen and oxygen atoms in total. The average Bonchev–Trinajstić information content (AvgIpc) is 2.23. The van der Waals surface area contributed by atoms with E-state index in [2.05, 4.69) is 21.2 Å². The second-order valence-electron chi connectivity index (χ2n) is 4.04. The molecule has 0 fully saturated rings. The number of phenols is 1. The Balaban J connectivity index is 2.92. The van der Waals surface area contributed by atoms with E-state index in [1.807, 2.05) is 13.8 Å². The van der Waals surface area contributed by atoms with E-state index in [4.69, 9.17) is 17.3 Å². The minimum atomic E-state index is -0.632. The van der Waals surface area contributed by atoms with E-state index in [0.29, 0.717) is 9.50 Å². The number of benzene rings is 1. The molecular formula is C11H14BrClN2O2. The van der Waals surface area contributed by atoms with Crippen molar-refractivity contribution >= 4 is 39.1 Å². The summed E-state index contributed by atoms with van der Waals surface area (Å²) >= 11 is 8.96. The lowest BCUT2D eigenvalue weighted by Gasteiger charge is -2.16. The van der Waals surface area contributed by atoms with Crippen molar-refractivity contribution in [2.45, 2.75) is 19.9 Å². The van der Waals surface area contributed by atoms with Crippen LogP contribution in [-0.4, -0.2) is 17.1 Å². The van der Waals surface area contributed by atoms with Crippen LogP contribution >= 0.6 is 27.5 Å². The SMILES string of the molecule is CC(C)[C@H](N)C(=O)Nc1cc(Cl)cc(Br)c1O. The number of halogens is 2. The van der Waals surface area contributed by atoms with Gasteiger partial charge in [0.2, 0.25) is 5.91 Å². The number of aromatic hydroxyl groups is 1. The highest BCUT2D eigenvalue weighted by molar-refractivity contribution is 9.10. The number of rotatable bonds is 3. The summed E-state index contributed by atoms with van der Waals surface area (Å²) in [6.45, 7) is 3.69. The topological polar surface area (TPSA) is 75.4 Å². The predicted molar refractivity (Wildman–Crippen MR) is 72.3 cm³/mol. The third-order valence-corrected chi connectivity index (χ3v) is 3.13. The van der Waals surface area contributed by atoms with Gasteiger partial charge in [0.05, 0.1) is 16.2 Å². The first-order chi connectivity index (χ1) is 7.82. The minimum absolute atomic E-state index is 0.0137. The van der Waals surface area contributed by atoms with Gasteiger partial charge in [0.15, 0.2) is 5.75 Å². The highest BCUT2D eigenvalue weighted by Gasteiger charge is 2.19. The number of anilines is 1. The Hall–Kier alpha value is -0.780. The highest BCUT2D eigenvalue weighted by atomic mass is 79.9. The first kappa shape index (κ1) is 14.3. The van der Waals surface area contributed by atoms with Gasteiger partial charge in [-0.3, -0.25) is 4.79 Å². The molecule has 4 N–H and O–H groups in total. The fraction of sp³-hybridized carbons (Fsp3) is 0.364. The van der Waals surface area contributed by atoms with Crippen LogP contribution in [0.2, 0.25) is 5.02 Å². The summed E-state index contributed by atoms with van der Waals surface area (Å²) in [7, 11) is 0. The molecule has 1 atom stereocenters. The molecule has 0 aromatic heterocycles. The Morgan fingerprint density at radius 1 is 1.53 bits per heavy atom. The van der Waals surface area contributed by atoms with Crippen LogP contribution in [0.15, 0.2) is 16.6 Å². The van der Waals surface area contributed by atoms with E-state index in [-0.39, 0.29) is 23.3 Å². The third kappa shape index (κ3) is 3.59. The lowest BCUT2D eigenvalue weighted by atomic mass is 10.0. The van der Waals surface area contributed by atoms with Crippen LogP contribution in [0, 0.1) is 5.92 Å². The Labute approximate surface area is 113 Å². The summed E-state index contributed by atoms with van der Waals surface area (Å²) in [5.74, 6) is -0.414. The highest BCUT2D eigenvalue weighted by Crippen LogP contribution is 2.35. The standard InChI is InChI=1S/C11H14BrClN2O2/c1-5(2)9(14)11(17)15-8-4-6(13)3-7(12)10(8)16/h3-5,9,16H,14H2,1-2H3,(H,15,17)/t9-/m0/s1. The summed E-state index contributed by atoms with van der Waals surface area (Å²) in [6, 6.07) is 2.37. The van der Waals surface area contributed by atoms with E-state index in [0.717, 1.165) is 0 Å². The molecule has 0 bridgehead atoms. The third-order valence-electron chi connectivity index (χ3n) is 2.31. The number of hydrogen-bond acceptors (Lipinski definition) is 3. The van der Waals surface area contributed by atoms with Crippen molar-refractivity contribution in [3.8, 4) is 5.75 Å². The molecule has 0 aliphatic rings. The van der Waals surface area contributed by atoms with Crippen LogP contribution in [0.3, 0.4) is 0 Å². The molecular weight excluding hydrogens is 307 g/mol. The minimum Gasteiger partial charge on any atom is -0.505 e. The zero-order valence-corrected chi connectivity index (χ0v) is 11.8. The smallest absolute Gasteiger partial charge is 0.241 e. The summed E-state index contributed by atoms with van der Waals surface area (Å²) < 4.78 is 0.415. The lowest BCUT2D eigenvalue weighted by molar-refractivity contribution is -0.118. The molecule has 0 radical (unpaired) electrons. The van der Waals surface area contributed by atoms with Crippen LogP contribution in [0.5, 0.6) is 5.75 Å². The molecule has 1 rings (SSSR count). The van der Waals surface area contributed by atoms with Crippen molar-refractivity contribution in [1.82, 2.24) is 0 Å². The molecule has 0 saturated heterocycles. The fourth-order valence-electron chi connectivity index (χ4n) is 1.18. The van der Waals surface area contributed by atoms with Crippen molar-refractivity contribution in [2.24, 2.45) is 11.7 Å². The van der Waals surface area contributed by atoms with Crippen molar-refractivity contribution in [3.63, 3.8) is 0 Å². The number of amides is 1. The second kappa shape index (κ2) is 5.71. The maximum atomic E-state index is 11.7. The quantitative estimate of drug-likeness (QED) is 0.749. The largest absolute Gasteiger partial charge is 0.505 e. The average molecular weight is 322 g/mol. The van der Waals surface area contributed by atoms with E-state index >= 15 is 0 Å². The summed E-state index contributed by atoms with van der Waals surface area (Å²) in [4.78, 5) is 11.7. The van der Waals surface area contributed by atoms with Gasteiger partial charge in [-0.1, -0.05) is 25.4 Å². The summed E-state index contributed by atoms with van der Waals surface area (Å²) in [5.41, 5.74) is 5.94. The van der Waals surface area contributed by atoms with Gasteiger partial charge in [-0.2, -0.15) is 0 Å². The van der Waals surface area contributed by atoms with E-state index < -0.39 is 6.04 Å². The summed E-state index contributed by atoms with van der Waals surface area (Å²) in [5, 5.41) is 12.7. The van der Waals surface area contributed by atoms with E-state index in [1.54, 1.807) is 0 Å². The molecule has 1 aromatic carbocycles. The maximum Gasteiger partial charge on any atom is 0.241 e. The van der Waals surface area contributed by atoms with Crippen molar-refractivity contribution in [3.05, 3.63) is 21.6 Å². The van der Waals surface area contributed by atoms with E-state index in [1.165, 1.54) is 12.1 Å². The van der Waals surface area contributed by atoms with E-state index in [9.17, 15) is 9.90 Å². The van der Waals surface area contributed by atoms with Crippen LogP contribution in [0.1, 0.15) is 13.8 Å². The molecule has 1 aromatic rings. The zero-order chi connectivity index (χ0) is 13.2. The van der Waals surface area contributed by atoms with Crippen molar-refractivity contribution in [2.75, 3.05) is 5.32 Å². The molecule has 0 saturated carbocycles. The number of carbonyl (C=O) groups excluding carboxylic acids is 1. The first-order valence-corrected chi connectivity index (χ1v) is 6.24. The molecule has 94 valence electrons. The monoisotopic (exact) mass is 320 g/mol. The van der Waals surface area contributed by atoms with Crippen LogP contribution < -0.4 is 11.1 Å². The van der Waals surface area contributed by atoms with Crippen molar-refractivity contribution in [1.29, 1.82) is 0 Å². The van der Waals surface area contributed by atoms with Gasteiger partial charge in [0.25, 0.3) is 0 Å². The molecule has 0 spiro atoms. The Morgan fingerprint density at radius 2 is 2.12 bits per heavy atom. The normalized spacial score (nSPS) is 12.6. The van der Waals surface area contributed by atoms with Gasteiger partial charge >= 0.3 is 0 Å². The first-order valence-electron chi connectivity index (χ1n) is 5.07. The summed E-state index contributed by atoms with van der Waals surface area (Å²) in [6.07, 6.45) is 0. The van der Waals surface area contributed by atoms with Gasteiger partial charge in [-0.05, 0) is 34.0 Å². The fourth-order valence-corrected chi connectivity index (χ4v) is 1.99. The molecule has 0 aliphatic carbocycles. The number of phenolic OH excluding ortho intramolecular Hbond substituents is 1. The molecule has 0 aliphatic heterocycles. The van der Waals surface area contributed by atoms with Gasteiger partial charge in [0, 0.05) is 5.02 Å². The number of nitrogens with one attached hydrogen (secondary N) is 1. The number of hydrogen-bond donors (Lipinski definition) is 3. The second-order valence-corrected chi connectivity index (χ2v) is 5.33.